The van der Waals surface area contributed by atoms with E-state index in [1.165, 1.54) is 12.2 Å². The molecule has 0 aromatic carbocycles. The average molecular weight is 125 g/mol. The molecule has 0 spiro atoms. The van der Waals surface area contributed by atoms with Gasteiger partial charge >= 0.3 is 0 Å². The van der Waals surface area contributed by atoms with Crippen LogP contribution in [0.1, 0.15) is 6.42 Å². The van der Waals surface area contributed by atoms with E-state index in [-0.39, 0.29) is 5.83 Å². The molecule has 0 radical (unpaired) electrons. The van der Waals surface area contributed by atoms with Gasteiger partial charge in [0.25, 0.3) is 0 Å². The summed E-state index contributed by atoms with van der Waals surface area (Å²) < 4.78 is 12.4. The third-order valence-electron chi connectivity index (χ3n) is 1.06. The third-order valence-corrected chi connectivity index (χ3v) is 1.06. The summed E-state index contributed by atoms with van der Waals surface area (Å²) in [6.45, 7) is 0. The van der Waals surface area contributed by atoms with Gasteiger partial charge in [0, 0.05) is 5.70 Å². The second kappa shape index (κ2) is 2.49. The minimum atomic E-state index is -0.252. The van der Waals surface area contributed by atoms with Gasteiger partial charge in [-0.3, -0.25) is 0 Å². The van der Waals surface area contributed by atoms with Crippen LogP contribution in [0.25, 0.3) is 0 Å². The van der Waals surface area contributed by atoms with Crippen molar-refractivity contribution in [3.8, 4) is 0 Å². The molecule has 0 aromatic rings. The van der Waals surface area contributed by atoms with E-state index in [4.69, 9.17) is 5.73 Å². The zero-order chi connectivity index (χ0) is 6.69. The van der Waals surface area contributed by atoms with Crippen molar-refractivity contribution in [1.82, 2.24) is 0 Å². The average Bonchev–Trinajstić information content (AvgIpc) is 1.93. The van der Waals surface area contributed by atoms with Crippen molar-refractivity contribution in [2.45, 2.75) is 6.42 Å². The molecule has 0 aromatic heterocycles. The van der Waals surface area contributed by atoms with Crippen molar-refractivity contribution < 1.29 is 4.39 Å². The Hall–Kier alpha value is -1.05. The first-order valence-corrected chi connectivity index (χ1v) is 2.78. The third kappa shape index (κ3) is 1.72. The lowest BCUT2D eigenvalue weighted by Gasteiger charge is -1.85. The number of hydrogen-bond acceptors (Lipinski definition) is 1. The first-order chi connectivity index (χ1) is 4.29. The van der Waals surface area contributed by atoms with E-state index >= 15 is 0 Å². The minimum Gasteiger partial charge on any atom is -0.399 e. The van der Waals surface area contributed by atoms with E-state index in [0.29, 0.717) is 12.1 Å². The van der Waals surface area contributed by atoms with Crippen LogP contribution in [0.15, 0.2) is 35.8 Å². The Bertz CT molecular complexity index is 189. The fourth-order valence-electron chi connectivity index (χ4n) is 0.651. The van der Waals surface area contributed by atoms with Crippen LogP contribution in [0, 0.1) is 0 Å². The lowest BCUT2D eigenvalue weighted by Crippen LogP contribution is -1.90. The maximum absolute atomic E-state index is 12.4. The Morgan fingerprint density at radius 3 is 3.11 bits per heavy atom. The molecule has 2 heteroatoms. The lowest BCUT2D eigenvalue weighted by atomic mass is 10.4. The Labute approximate surface area is 53.4 Å². The van der Waals surface area contributed by atoms with Gasteiger partial charge in [-0.25, -0.2) is 4.39 Å². The molecule has 0 bridgehead atoms. The number of rotatable bonds is 0. The largest absolute Gasteiger partial charge is 0.399 e. The van der Waals surface area contributed by atoms with E-state index < -0.39 is 0 Å². The number of hydrogen-bond donors (Lipinski definition) is 1. The zero-order valence-electron chi connectivity index (χ0n) is 4.97. The molecular weight excluding hydrogens is 117 g/mol. The van der Waals surface area contributed by atoms with Crippen LogP contribution in [0.3, 0.4) is 0 Å². The van der Waals surface area contributed by atoms with Crippen molar-refractivity contribution in [2.75, 3.05) is 0 Å². The van der Waals surface area contributed by atoms with E-state index in [1.807, 2.05) is 6.08 Å². The number of nitrogens with two attached hydrogens (primary N) is 1. The van der Waals surface area contributed by atoms with Gasteiger partial charge in [-0.15, -0.1) is 0 Å². The standard InChI is InChI=1S/C7H8FN/c8-6-3-1-2-4-7(9)5-6/h2-5H,1,9H2. The van der Waals surface area contributed by atoms with Crippen molar-refractivity contribution in [3.63, 3.8) is 0 Å². The molecule has 1 aliphatic carbocycles. The van der Waals surface area contributed by atoms with Crippen LogP contribution < -0.4 is 5.73 Å². The fraction of sp³-hybridized carbons (Fsp3) is 0.143. The van der Waals surface area contributed by atoms with Gasteiger partial charge < -0.3 is 5.73 Å². The molecule has 0 amide bonds. The summed E-state index contributed by atoms with van der Waals surface area (Å²) in [6.07, 6.45) is 6.93. The highest BCUT2D eigenvalue weighted by Crippen LogP contribution is 2.07. The molecule has 2 N–H and O–H groups in total. The fourth-order valence-corrected chi connectivity index (χ4v) is 0.651. The molecular formula is C7H8FN. The molecule has 0 saturated heterocycles. The van der Waals surface area contributed by atoms with Gasteiger partial charge in [0.05, 0.1) is 0 Å². The van der Waals surface area contributed by atoms with E-state index in [1.54, 1.807) is 6.08 Å². The molecule has 1 aliphatic rings. The van der Waals surface area contributed by atoms with Gasteiger partial charge in [-0.1, -0.05) is 6.08 Å². The molecule has 0 unspecified atom stereocenters. The lowest BCUT2D eigenvalue weighted by molar-refractivity contribution is 0.662. The van der Waals surface area contributed by atoms with Gasteiger partial charge in [-0.2, -0.15) is 0 Å². The van der Waals surface area contributed by atoms with Crippen LogP contribution in [-0.2, 0) is 0 Å². The summed E-state index contributed by atoms with van der Waals surface area (Å²) in [5.41, 5.74) is 5.79. The van der Waals surface area contributed by atoms with Crippen LogP contribution >= 0.6 is 0 Å². The molecule has 1 nitrogen and oxygen atoms in total. The molecule has 0 aliphatic heterocycles. The molecule has 0 heterocycles. The highest BCUT2D eigenvalue weighted by atomic mass is 19.1. The molecule has 9 heavy (non-hydrogen) atoms. The monoisotopic (exact) mass is 125 g/mol. The van der Waals surface area contributed by atoms with E-state index in [2.05, 4.69) is 0 Å². The summed E-state index contributed by atoms with van der Waals surface area (Å²) in [4.78, 5) is 0. The number of halogens is 1. The topological polar surface area (TPSA) is 26.0 Å². The summed E-state index contributed by atoms with van der Waals surface area (Å²) in [5.74, 6) is -0.252. The summed E-state index contributed by atoms with van der Waals surface area (Å²) >= 11 is 0. The zero-order valence-corrected chi connectivity index (χ0v) is 4.97. The highest BCUT2D eigenvalue weighted by molar-refractivity contribution is 5.27. The first kappa shape index (κ1) is 6.08. The summed E-state index contributed by atoms with van der Waals surface area (Å²) in [7, 11) is 0. The molecule has 1 rings (SSSR count). The Morgan fingerprint density at radius 1 is 1.56 bits per heavy atom. The van der Waals surface area contributed by atoms with Gasteiger partial charge in [0.2, 0.25) is 0 Å². The van der Waals surface area contributed by atoms with Crippen molar-refractivity contribution in [2.24, 2.45) is 5.73 Å². The first-order valence-electron chi connectivity index (χ1n) is 2.78. The second-order valence-corrected chi connectivity index (χ2v) is 1.87. The van der Waals surface area contributed by atoms with Gasteiger partial charge in [0.15, 0.2) is 0 Å². The van der Waals surface area contributed by atoms with Crippen molar-refractivity contribution in [1.29, 1.82) is 0 Å². The Balaban J connectivity index is 2.82. The SMILES string of the molecule is NC1=CC(F)=CCC=C1. The normalized spacial score (nSPS) is 18.3. The van der Waals surface area contributed by atoms with Crippen molar-refractivity contribution >= 4 is 0 Å². The number of allylic oxidation sites excluding steroid dienone is 5. The molecule has 0 saturated carbocycles. The predicted octanol–water partition coefficient (Wildman–Crippen LogP) is 1.64. The van der Waals surface area contributed by atoms with Crippen LogP contribution in [0.2, 0.25) is 0 Å². The van der Waals surface area contributed by atoms with Gasteiger partial charge in [-0.05, 0) is 24.6 Å². The van der Waals surface area contributed by atoms with E-state index in [0.717, 1.165) is 0 Å². The maximum Gasteiger partial charge on any atom is 0.121 e. The summed E-state index contributed by atoms with van der Waals surface area (Å²) in [6, 6.07) is 0. The van der Waals surface area contributed by atoms with Crippen LogP contribution in [0.5, 0.6) is 0 Å². The highest BCUT2D eigenvalue weighted by Gasteiger charge is 1.92. The maximum atomic E-state index is 12.4. The Kier molecular flexibility index (Phi) is 1.68. The quantitative estimate of drug-likeness (QED) is 0.523. The smallest absolute Gasteiger partial charge is 0.121 e. The van der Waals surface area contributed by atoms with Crippen molar-refractivity contribution in [3.05, 3.63) is 35.8 Å². The molecule has 0 fully saturated rings. The minimum absolute atomic E-state index is 0.252. The predicted molar refractivity (Wildman–Crippen MR) is 35.2 cm³/mol. The molecule has 48 valence electrons. The van der Waals surface area contributed by atoms with Crippen LogP contribution in [0.4, 0.5) is 4.39 Å². The van der Waals surface area contributed by atoms with Crippen LogP contribution in [-0.4, -0.2) is 0 Å². The van der Waals surface area contributed by atoms with E-state index in [9.17, 15) is 4.39 Å². The summed E-state index contributed by atoms with van der Waals surface area (Å²) in [5, 5.41) is 0. The Morgan fingerprint density at radius 2 is 2.33 bits per heavy atom. The van der Waals surface area contributed by atoms with Gasteiger partial charge in [0.1, 0.15) is 5.83 Å². The molecule has 0 atom stereocenters. The second-order valence-electron chi connectivity index (χ2n) is 1.87.